The van der Waals surface area contributed by atoms with Gasteiger partial charge in [0.2, 0.25) is 5.95 Å². The molecule has 2 aromatic heterocycles. The molecule has 114 valence electrons. The van der Waals surface area contributed by atoms with Crippen molar-refractivity contribution in [1.82, 2.24) is 19.5 Å². The Morgan fingerprint density at radius 1 is 1.24 bits per heavy atom. The number of alkyl halides is 3. The summed E-state index contributed by atoms with van der Waals surface area (Å²) in [5.74, 6) is 0.720. The number of rotatable bonds is 5. The van der Waals surface area contributed by atoms with Gasteiger partial charge in [-0.25, -0.2) is 9.97 Å². The Balaban J connectivity index is 2.21. The first kappa shape index (κ1) is 15.1. The molecule has 0 spiro atoms. The van der Waals surface area contributed by atoms with Crippen LogP contribution < -0.4 is 10.6 Å². The zero-order valence-electron chi connectivity index (χ0n) is 11.6. The van der Waals surface area contributed by atoms with Gasteiger partial charge in [0.05, 0.1) is 6.54 Å². The number of aryl methyl sites for hydroxylation is 1. The monoisotopic (exact) mass is 300 g/mol. The molecule has 0 bridgehead atoms. The third-order valence-corrected chi connectivity index (χ3v) is 2.70. The third-order valence-electron chi connectivity index (χ3n) is 2.70. The molecule has 0 amide bonds. The molecule has 0 aliphatic carbocycles. The summed E-state index contributed by atoms with van der Waals surface area (Å²) in [4.78, 5) is 11.5. The first-order valence-corrected chi connectivity index (χ1v) is 6.30. The zero-order chi connectivity index (χ0) is 15.5. The fourth-order valence-corrected chi connectivity index (χ4v) is 1.66. The zero-order valence-corrected chi connectivity index (χ0v) is 11.6. The molecule has 6 nitrogen and oxygen atoms in total. The Kier molecular flexibility index (Phi) is 4.29. The first-order chi connectivity index (χ1) is 9.90. The molecule has 9 heteroatoms. The lowest BCUT2D eigenvalue weighted by atomic mass is 10.3. The van der Waals surface area contributed by atoms with Crippen LogP contribution in [0.2, 0.25) is 0 Å². The van der Waals surface area contributed by atoms with Gasteiger partial charge in [0.1, 0.15) is 11.6 Å². The Morgan fingerprint density at radius 2 is 2.00 bits per heavy atom. The average Bonchev–Trinajstić information content (AvgIpc) is 2.81. The maximum atomic E-state index is 12.8. The summed E-state index contributed by atoms with van der Waals surface area (Å²) < 4.78 is 40.2. The van der Waals surface area contributed by atoms with E-state index in [0.717, 1.165) is 6.07 Å². The number of imidazole rings is 1. The van der Waals surface area contributed by atoms with Crippen LogP contribution in [0, 0.1) is 0 Å². The Bertz CT molecular complexity index is 607. The van der Waals surface area contributed by atoms with E-state index in [2.05, 4.69) is 25.6 Å². The quantitative estimate of drug-likeness (QED) is 0.886. The van der Waals surface area contributed by atoms with Gasteiger partial charge in [0.25, 0.3) is 0 Å². The molecule has 2 aromatic rings. The predicted molar refractivity (Wildman–Crippen MR) is 71.7 cm³/mol. The molecule has 0 fully saturated rings. The molecule has 0 unspecified atom stereocenters. The van der Waals surface area contributed by atoms with Gasteiger partial charge in [0.15, 0.2) is 5.69 Å². The highest BCUT2D eigenvalue weighted by molar-refractivity contribution is 5.43. The number of halogens is 3. The van der Waals surface area contributed by atoms with E-state index in [-0.39, 0.29) is 18.3 Å². The van der Waals surface area contributed by atoms with Gasteiger partial charge in [-0.1, -0.05) is 0 Å². The van der Waals surface area contributed by atoms with E-state index < -0.39 is 11.9 Å². The minimum Gasteiger partial charge on any atom is -0.363 e. The SMILES string of the molecule is CCNc1nc(NCc2nccn2C)cc(C(F)(F)F)n1. The fraction of sp³-hybridized carbons (Fsp3) is 0.417. The molecule has 2 rings (SSSR count). The van der Waals surface area contributed by atoms with Crippen molar-refractivity contribution in [3.63, 3.8) is 0 Å². The summed E-state index contributed by atoms with van der Waals surface area (Å²) in [5.41, 5.74) is -0.990. The highest BCUT2D eigenvalue weighted by atomic mass is 19.4. The molecule has 0 aliphatic heterocycles. The number of hydrogen-bond donors (Lipinski definition) is 2. The smallest absolute Gasteiger partial charge is 0.363 e. The average molecular weight is 300 g/mol. The van der Waals surface area contributed by atoms with Crippen molar-refractivity contribution in [1.29, 1.82) is 0 Å². The Hall–Kier alpha value is -2.32. The van der Waals surface area contributed by atoms with Gasteiger partial charge in [-0.2, -0.15) is 18.2 Å². The minimum atomic E-state index is -4.52. The second kappa shape index (κ2) is 5.98. The molecule has 21 heavy (non-hydrogen) atoms. The third kappa shape index (κ3) is 3.83. The molecule has 0 saturated carbocycles. The van der Waals surface area contributed by atoms with Crippen molar-refractivity contribution in [2.24, 2.45) is 7.05 Å². The number of nitrogens with zero attached hydrogens (tertiary/aromatic N) is 4. The van der Waals surface area contributed by atoms with Crippen LogP contribution in [0.25, 0.3) is 0 Å². The number of aromatic nitrogens is 4. The number of nitrogens with one attached hydrogen (secondary N) is 2. The van der Waals surface area contributed by atoms with Crippen LogP contribution in [0.3, 0.4) is 0 Å². The molecule has 0 aliphatic rings. The topological polar surface area (TPSA) is 67.7 Å². The van der Waals surface area contributed by atoms with E-state index in [9.17, 15) is 13.2 Å². The molecule has 2 heterocycles. The van der Waals surface area contributed by atoms with Crippen LogP contribution >= 0.6 is 0 Å². The van der Waals surface area contributed by atoms with Crippen LogP contribution in [0.4, 0.5) is 24.9 Å². The van der Waals surface area contributed by atoms with Crippen LogP contribution in [-0.2, 0) is 19.8 Å². The highest BCUT2D eigenvalue weighted by Crippen LogP contribution is 2.29. The van der Waals surface area contributed by atoms with Gasteiger partial charge in [-0.3, -0.25) is 0 Å². The van der Waals surface area contributed by atoms with Gasteiger partial charge in [-0.05, 0) is 6.92 Å². The van der Waals surface area contributed by atoms with E-state index in [1.807, 2.05) is 0 Å². The number of anilines is 2. The molecular weight excluding hydrogens is 285 g/mol. The predicted octanol–water partition coefficient (Wildman–Crippen LogP) is 2.27. The summed E-state index contributed by atoms with van der Waals surface area (Å²) in [5, 5.41) is 5.51. The van der Waals surface area contributed by atoms with Crippen molar-refractivity contribution >= 4 is 11.8 Å². The van der Waals surface area contributed by atoms with E-state index in [1.54, 1.807) is 30.9 Å². The van der Waals surface area contributed by atoms with Gasteiger partial charge in [0, 0.05) is 32.1 Å². The molecule has 0 aromatic carbocycles. The molecule has 2 N–H and O–H groups in total. The van der Waals surface area contributed by atoms with E-state index in [4.69, 9.17) is 0 Å². The van der Waals surface area contributed by atoms with E-state index in [1.165, 1.54) is 0 Å². The number of hydrogen-bond acceptors (Lipinski definition) is 5. The molecular formula is C12H15F3N6. The lowest BCUT2D eigenvalue weighted by molar-refractivity contribution is -0.141. The van der Waals surface area contributed by atoms with Crippen molar-refractivity contribution in [3.8, 4) is 0 Å². The van der Waals surface area contributed by atoms with Crippen molar-refractivity contribution in [2.75, 3.05) is 17.2 Å². The summed E-state index contributed by atoms with van der Waals surface area (Å²) in [6.07, 6.45) is -1.16. The van der Waals surface area contributed by atoms with Gasteiger partial charge < -0.3 is 15.2 Å². The van der Waals surface area contributed by atoms with Crippen LogP contribution in [0.15, 0.2) is 18.5 Å². The first-order valence-electron chi connectivity index (χ1n) is 6.30. The molecule has 0 saturated heterocycles. The molecule has 0 radical (unpaired) electrons. The minimum absolute atomic E-state index is 0.0605. The van der Waals surface area contributed by atoms with Crippen LogP contribution in [-0.4, -0.2) is 26.1 Å². The highest BCUT2D eigenvalue weighted by Gasteiger charge is 2.33. The maximum Gasteiger partial charge on any atom is 0.433 e. The summed E-state index contributed by atoms with van der Waals surface area (Å²) in [6, 6.07) is 0.879. The molecule has 0 atom stereocenters. The fourth-order valence-electron chi connectivity index (χ4n) is 1.66. The summed E-state index contributed by atoms with van der Waals surface area (Å²) >= 11 is 0. The normalized spacial score (nSPS) is 11.5. The van der Waals surface area contributed by atoms with E-state index >= 15 is 0 Å². The summed E-state index contributed by atoms with van der Waals surface area (Å²) in [6.45, 7) is 2.45. The van der Waals surface area contributed by atoms with Crippen LogP contribution in [0.1, 0.15) is 18.4 Å². The standard InChI is InChI=1S/C12H15F3N6/c1-3-16-11-19-8(12(13,14)15)6-9(20-11)18-7-10-17-4-5-21(10)2/h4-6H,3,7H2,1-2H3,(H2,16,18,19,20). The second-order valence-electron chi connectivity index (χ2n) is 4.30. The largest absolute Gasteiger partial charge is 0.433 e. The van der Waals surface area contributed by atoms with Crippen molar-refractivity contribution in [2.45, 2.75) is 19.6 Å². The van der Waals surface area contributed by atoms with E-state index in [0.29, 0.717) is 12.4 Å². The lowest BCUT2D eigenvalue weighted by Gasteiger charge is -2.12. The van der Waals surface area contributed by atoms with Crippen molar-refractivity contribution in [3.05, 3.63) is 30.0 Å². The van der Waals surface area contributed by atoms with Crippen LogP contribution in [0.5, 0.6) is 0 Å². The second-order valence-corrected chi connectivity index (χ2v) is 4.30. The Labute approximate surface area is 119 Å². The van der Waals surface area contributed by atoms with Crippen molar-refractivity contribution < 1.29 is 13.2 Å². The lowest BCUT2D eigenvalue weighted by Crippen LogP contribution is -2.14. The van der Waals surface area contributed by atoms with Gasteiger partial charge in [-0.15, -0.1) is 0 Å². The Morgan fingerprint density at radius 3 is 2.57 bits per heavy atom. The van der Waals surface area contributed by atoms with Gasteiger partial charge >= 0.3 is 6.18 Å². The maximum absolute atomic E-state index is 12.8. The summed E-state index contributed by atoms with van der Waals surface area (Å²) in [7, 11) is 1.80.